The molecule has 3 aromatic rings. The summed E-state index contributed by atoms with van der Waals surface area (Å²) < 4.78 is 6.66. The number of carbonyl (C=O) groups excluding carboxylic acids is 1. The number of rotatable bonds is 9. The lowest BCUT2D eigenvalue weighted by Crippen LogP contribution is -2.54. The lowest BCUT2D eigenvalue weighted by molar-refractivity contribution is -0.126. The monoisotopic (exact) mass is 473 g/mol. The normalized spacial score (nSPS) is 13.8. The number of nitrogens with one attached hydrogen (secondary N) is 1. The zero-order chi connectivity index (χ0) is 23.5. The molecule has 12 heteroatoms. The van der Waals surface area contributed by atoms with Gasteiger partial charge < -0.3 is 25.2 Å². The van der Waals surface area contributed by atoms with Crippen LogP contribution in [0.15, 0.2) is 28.6 Å². The summed E-state index contributed by atoms with van der Waals surface area (Å²) in [5.41, 5.74) is -0.0173. The van der Waals surface area contributed by atoms with Crippen LogP contribution in [-0.2, 0) is 9.53 Å². The molecule has 0 aromatic carbocycles. The Kier molecular flexibility index (Phi) is 6.67. The smallest absolute Gasteiger partial charge is 0.341 e. The van der Waals surface area contributed by atoms with Crippen molar-refractivity contribution in [2.45, 2.75) is 6.92 Å². The van der Waals surface area contributed by atoms with E-state index in [2.05, 4.69) is 15.3 Å². The van der Waals surface area contributed by atoms with Gasteiger partial charge in [-0.3, -0.25) is 14.2 Å². The van der Waals surface area contributed by atoms with Crippen LogP contribution in [0.5, 0.6) is 0 Å². The van der Waals surface area contributed by atoms with Crippen LogP contribution in [-0.4, -0.2) is 76.1 Å². The SMILES string of the molecule is Cc1cc(N2CC(C(=O)NCCOCCO)C2)nc2c1c(=O)c(C(=O)O)cn2-c1nccs1. The van der Waals surface area contributed by atoms with Crippen LogP contribution in [0.4, 0.5) is 5.82 Å². The maximum Gasteiger partial charge on any atom is 0.341 e. The van der Waals surface area contributed by atoms with E-state index in [1.807, 2.05) is 4.90 Å². The second-order valence-corrected chi connectivity index (χ2v) is 8.46. The van der Waals surface area contributed by atoms with Gasteiger partial charge in [-0.1, -0.05) is 0 Å². The van der Waals surface area contributed by atoms with E-state index < -0.39 is 11.4 Å². The minimum absolute atomic E-state index is 0.0578. The van der Waals surface area contributed by atoms with Crippen LogP contribution in [0.1, 0.15) is 15.9 Å². The maximum atomic E-state index is 12.8. The first-order chi connectivity index (χ1) is 15.9. The van der Waals surface area contributed by atoms with Crippen LogP contribution in [0, 0.1) is 12.8 Å². The third kappa shape index (κ3) is 4.58. The third-order valence-electron chi connectivity index (χ3n) is 5.36. The van der Waals surface area contributed by atoms with E-state index in [0.29, 0.717) is 48.4 Å². The molecule has 1 amide bonds. The summed E-state index contributed by atoms with van der Waals surface area (Å²) >= 11 is 1.30. The summed E-state index contributed by atoms with van der Waals surface area (Å²) in [7, 11) is 0. The van der Waals surface area contributed by atoms with Crippen molar-refractivity contribution in [2.75, 3.05) is 44.4 Å². The van der Waals surface area contributed by atoms with Crippen molar-refractivity contribution in [3.63, 3.8) is 0 Å². The van der Waals surface area contributed by atoms with Crippen molar-refractivity contribution < 1.29 is 24.5 Å². The number of ether oxygens (including phenoxy) is 1. The van der Waals surface area contributed by atoms with Crippen molar-refractivity contribution in [3.05, 3.63) is 45.2 Å². The molecule has 0 unspecified atom stereocenters. The largest absolute Gasteiger partial charge is 0.477 e. The second-order valence-electron chi connectivity index (χ2n) is 7.59. The molecule has 3 N–H and O–H groups in total. The zero-order valence-corrected chi connectivity index (χ0v) is 18.7. The molecule has 0 radical (unpaired) electrons. The highest BCUT2D eigenvalue weighted by Crippen LogP contribution is 2.28. The number of carbonyl (C=O) groups is 2. The van der Waals surface area contributed by atoms with Gasteiger partial charge in [-0.25, -0.2) is 14.8 Å². The number of anilines is 1. The van der Waals surface area contributed by atoms with Crippen LogP contribution >= 0.6 is 11.3 Å². The molecule has 0 aliphatic carbocycles. The predicted octanol–water partition coefficient (Wildman–Crippen LogP) is 0.410. The summed E-state index contributed by atoms with van der Waals surface area (Å²) in [4.78, 5) is 47.6. The Balaban J connectivity index is 1.58. The first-order valence-electron chi connectivity index (χ1n) is 10.3. The Morgan fingerprint density at radius 1 is 1.33 bits per heavy atom. The number of aliphatic hydroxyl groups excluding tert-OH is 1. The third-order valence-corrected chi connectivity index (χ3v) is 6.13. The Bertz CT molecular complexity index is 1240. The number of aryl methyl sites for hydroxylation is 1. The molecule has 1 saturated heterocycles. The number of hydrogen-bond donors (Lipinski definition) is 3. The fraction of sp³-hybridized carbons (Fsp3) is 0.381. The quantitative estimate of drug-likeness (QED) is 0.376. The molecule has 4 rings (SSSR count). The number of amides is 1. The van der Waals surface area contributed by atoms with Crippen LogP contribution < -0.4 is 15.6 Å². The van der Waals surface area contributed by atoms with Crippen molar-refractivity contribution in [1.29, 1.82) is 0 Å². The molecule has 174 valence electrons. The van der Waals surface area contributed by atoms with E-state index in [1.54, 1.807) is 24.6 Å². The van der Waals surface area contributed by atoms with E-state index in [0.717, 1.165) is 0 Å². The highest BCUT2D eigenvalue weighted by atomic mass is 32.1. The summed E-state index contributed by atoms with van der Waals surface area (Å²) in [5.74, 6) is -0.990. The van der Waals surface area contributed by atoms with Crippen molar-refractivity contribution in [3.8, 4) is 5.13 Å². The topological polar surface area (TPSA) is 147 Å². The number of thiazole rings is 1. The van der Waals surface area contributed by atoms with E-state index in [-0.39, 0.29) is 36.0 Å². The number of aromatic nitrogens is 3. The van der Waals surface area contributed by atoms with Gasteiger partial charge in [0.1, 0.15) is 11.4 Å². The lowest BCUT2D eigenvalue weighted by atomic mass is 9.98. The van der Waals surface area contributed by atoms with E-state index in [9.17, 15) is 19.5 Å². The predicted molar refractivity (Wildman–Crippen MR) is 121 cm³/mol. The molecule has 1 aliphatic rings. The molecular weight excluding hydrogens is 450 g/mol. The molecule has 11 nitrogen and oxygen atoms in total. The minimum Gasteiger partial charge on any atom is -0.477 e. The van der Waals surface area contributed by atoms with Gasteiger partial charge in [0.15, 0.2) is 10.8 Å². The zero-order valence-electron chi connectivity index (χ0n) is 17.9. The average molecular weight is 474 g/mol. The van der Waals surface area contributed by atoms with Gasteiger partial charge in [0.25, 0.3) is 0 Å². The summed E-state index contributed by atoms with van der Waals surface area (Å²) in [5, 5.41) is 23.5. The molecular formula is C21H23N5O6S. The number of aliphatic hydroxyl groups is 1. The van der Waals surface area contributed by atoms with Gasteiger partial charge in [-0.15, -0.1) is 11.3 Å². The first-order valence-corrected chi connectivity index (χ1v) is 11.2. The standard InChI is InChI=1S/C21H23N5O6S/c1-12-8-15(25-9-13(10-25)19(29)22-2-5-32-6-4-27)24-18-16(12)17(28)14(20(30)31)11-26(18)21-23-3-7-33-21/h3,7-8,11,13,27H,2,4-6,9-10H2,1H3,(H,22,29)(H,30,31). The molecule has 0 saturated carbocycles. The first kappa shape index (κ1) is 22.8. The fourth-order valence-electron chi connectivity index (χ4n) is 3.66. The van der Waals surface area contributed by atoms with Gasteiger partial charge in [0.2, 0.25) is 11.3 Å². The number of fused-ring (bicyclic) bond motifs is 1. The minimum atomic E-state index is -1.31. The number of pyridine rings is 2. The molecule has 33 heavy (non-hydrogen) atoms. The fourth-order valence-corrected chi connectivity index (χ4v) is 4.28. The second kappa shape index (κ2) is 9.65. The summed E-state index contributed by atoms with van der Waals surface area (Å²) in [6, 6.07) is 1.73. The lowest BCUT2D eigenvalue weighted by Gasteiger charge is -2.39. The van der Waals surface area contributed by atoms with Crippen LogP contribution in [0.25, 0.3) is 16.2 Å². The average Bonchev–Trinajstić information content (AvgIpc) is 3.27. The van der Waals surface area contributed by atoms with Gasteiger partial charge >= 0.3 is 5.97 Å². The number of carboxylic acid groups (broad SMARTS) is 1. The van der Waals surface area contributed by atoms with Crippen molar-refractivity contribution in [1.82, 2.24) is 19.9 Å². The van der Waals surface area contributed by atoms with Gasteiger partial charge in [-0.05, 0) is 18.6 Å². The maximum absolute atomic E-state index is 12.8. The van der Waals surface area contributed by atoms with Crippen LogP contribution in [0.3, 0.4) is 0 Å². The highest BCUT2D eigenvalue weighted by molar-refractivity contribution is 7.12. The Morgan fingerprint density at radius 3 is 2.79 bits per heavy atom. The Morgan fingerprint density at radius 2 is 2.12 bits per heavy atom. The number of carboxylic acids is 1. The Hall–Kier alpha value is -3.35. The van der Waals surface area contributed by atoms with Crippen molar-refractivity contribution >= 4 is 40.1 Å². The molecule has 3 aromatic heterocycles. The highest BCUT2D eigenvalue weighted by Gasteiger charge is 2.34. The molecule has 0 atom stereocenters. The van der Waals surface area contributed by atoms with Crippen LogP contribution in [0.2, 0.25) is 0 Å². The van der Waals surface area contributed by atoms with E-state index in [4.69, 9.17) is 9.84 Å². The summed E-state index contributed by atoms with van der Waals surface area (Å²) in [6.45, 7) is 3.56. The molecule has 0 bridgehead atoms. The van der Waals surface area contributed by atoms with Gasteiger partial charge in [-0.2, -0.15) is 0 Å². The Labute approximate surface area is 192 Å². The number of nitrogens with zero attached hydrogens (tertiary/aromatic N) is 4. The molecule has 1 fully saturated rings. The van der Waals surface area contributed by atoms with E-state index in [1.165, 1.54) is 22.1 Å². The van der Waals surface area contributed by atoms with E-state index >= 15 is 0 Å². The van der Waals surface area contributed by atoms with Crippen molar-refractivity contribution in [2.24, 2.45) is 5.92 Å². The number of hydrogen-bond acceptors (Lipinski definition) is 9. The molecule has 1 aliphatic heterocycles. The molecule has 4 heterocycles. The summed E-state index contributed by atoms with van der Waals surface area (Å²) in [6.07, 6.45) is 2.85. The number of aromatic carboxylic acids is 1. The van der Waals surface area contributed by atoms with Gasteiger partial charge in [0, 0.05) is 37.4 Å². The molecule has 0 spiro atoms. The van der Waals surface area contributed by atoms with Gasteiger partial charge in [0.05, 0.1) is 31.1 Å².